The van der Waals surface area contributed by atoms with Crippen molar-refractivity contribution in [3.63, 3.8) is 0 Å². The second-order valence-electron chi connectivity index (χ2n) is 4.99. The summed E-state index contributed by atoms with van der Waals surface area (Å²) >= 11 is 0. The summed E-state index contributed by atoms with van der Waals surface area (Å²) in [6.45, 7) is 0.222. The van der Waals surface area contributed by atoms with Crippen LogP contribution in [-0.4, -0.2) is 43.3 Å². The molecule has 0 bridgehead atoms. The first kappa shape index (κ1) is 17.8. The number of methoxy groups -OCH3 is 1. The van der Waals surface area contributed by atoms with Gasteiger partial charge in [0, 0.05) is 38.0 Å². The third-order valence-corrected chi connectivity index (χ3v) is 5.35. The molecule has 9 heteroatoms. The van der Waals surface area contributed by atoms with Crippen molar-refractivity contribution >= 4 is 15.7 Å². The second kappa shape index (κ2) is 7.37. The summed E-state index contributed by atoms with van der Waals surface area (Å²) in [6.07, 6.45) is 2.09. The van der Waals surface area contributed by atoms with Gasteiger partial charge in [0.25, 0.3) is 5.69 Å². The smallest absolute Gasteiger partial charge is 0.273 e. The van der Waals surface area contributed by atoms with Gasteiger partial charge in [0.2, 0.25) is 10.0 Å². The molecule has 1 aromatic heterocycles. The van der Waals surface area contributed by atoms with Crippen molar-refractivity contribution in [1.82, 2.24) is 9.29 Å². The molecule has 0 spiro atoms. The van der Waals surface area contributed by atoms with Crippen LogP contribution in [0.2, 0.25) is 0 Å². The van der Waals surface area contributed by atoms with Crippen LogP contribution in [-0.2, 0) is 16.4 Å². The first-order valence-corrected chi connectivity index (χ1v) is 8.49. The first-order chi connectivity index (χ1) is 11.4. The lowest BCUT2D eigenvalue weighted by molar-refractivity contribution is -0.385. The molecular weight excluding hydrogens is 334 g/mol. The van der Waals surface area contributed by atoms with Crippen LogP contribution >= 0.6 is 0 Å². The Balaban J connectivity index is 2.24. The fourth-order valence-electron chi connectivity index (χ4n) is 2.09. The number of non-ortho nitro benzene ring substituents is 1. The average molecular weight is 351 g/mol. The van der Waals surface area contributed by atoms with E-state index in [-0.39, 0.29) is 22.9 Å². The Hall–Kier alpha value is -2.52. The average Bonchev–Trinajstić information content (AvgIpc) is 2.59. The Morgan fingerprint density at radius 1 is 1.29 bits per heavy atom. The van der Waals surface area contributed by atoms with Gasteiger partial charge >= 0.3 is 0 Å². The first-order valence-electron chi connectivity index (χ1n) is 7.05. The molecule has 2 rings (SSSR count). The van der Waals surface area contributed by atoms with Crippen LogP contribution in [0.1, 0.15) is 5.69 Å². The van der Waals surface area contributed by atoms with E-state index >= 15 is 0 Å². The van der Waals surface area contributed by atoms with Crippen molar-refractivity contribution in [2.24, 2.45) is 0 Å². The quantitative estimate of drug-likeness (QED) is 0.557. The number of benzene rings is 1. The highest BCUT2D eigenvalue weighted by molar-refractivity contribution is 7.89. The van der Waals surface area contributed by atoms with Gasteiger partial charge in [-0.15, -0.1) is 0 Å². The van der Waals surface area contributed by atoms with E-state index in [1.807, 2.05) is 12.1 Å². The van der Waals surface area contributed by atoms with Gasteiger partial charge in [0.15, 0.2) is 0 Å². The zero-order valence-electron chi connectivity index (χ0n) is 13.2. The highest BCUT2D eigenvalue weighted by Gasteiger charge is 2.26. The molecule has 0 unspecified atom stereocenters. The Morgan fingerprint density at radius 2 is 2.04 bits per heavy atom. The molecule has 24 heavy (non-hydrogen) atoms. The summed E-state index contributed by atoms with van der Waals surface area (Å²) in [6, 6.07) is 8.85. The molecule has 0 saturated carbocycles. The zero-order valence-corrected chi connectivity index (χ0v) is 14.1. The van der Waals surface area contributed by atoms with Crippen LogP contribution in [0.4, 0.5) is 5.69 Å². The van der Waals surface area contributed by atoms with Crippen LogP contribution in [0.3, 0.4) is 0 Å². The molecule has 0 atom stereocenters. The van der Waals surface area contributed by atoms with E-state index in [2.05, 4.69) is 4.98 Å². The van der Waals surface area contributed by atoms with Crippen LogP contribution in [0.25, 0.3) is 0 Å². The molecule has 8 nitrogen and oxygen atoms in total. The van der Waals surface area contributed by atoms with Crippen LogP contribution in [0, 0.1) is 10.1 Å². The molecule has 1 heterocycles. The van der Waals surface area contributed by atoms with Gasteiger partial charge < -0.3 is 4.74 Å². The van der Waals surface area contributed by atoms with Gasteiger partial charge in [-0.05, 0) is 18.2 Å². The van der Waals surface area contributed by atoms with Gasteiger partial charge in [-0.2, -0.15) is 0 Å². The Labute approximate surface area is 139 Å². The lowest BCUT2D eigenvalue weighted by Gasteiger charge is -2.18. The Kier molecular flexibility index (Phi) is 5.47. The van der Waals surface area contributed by atoms with Crippen molar-refractivity contribution in [3.05, 3.63) is 58.4 Å². The molecule has 0 aliphatic rings. The zero-order chi connectivity index (χ0) is 17.7. The molecule has 2 aromatic rings. The van der Waals surface area contributed by atoms with E-state index in [1.165, 1.54) is 24.5 Å². The topological polar surface area (TPSA) is 103 Å². The normalized spacial score (nSPS) is 11.5. The Morgan fingerprint density at radius 3 is 2.62 bits per heavy atom. The van der Waals surface area contributed by atoms with E-state index in [0.29, 0.717) is 6.42 Å². The van der Waals surface area contributed by atoms with Crippen molar-refractivity contribution in [2.75, 3.05) is 20.7 Å². The standard InChI is InChI=1S/C15H17N3O5S/c1-17(10-8-12-5-3-4-9-16-12)24(21,22)15-7-6-13(18(19)20)11-14(15)23-2/h3-7,9,11H,8,10H2,1-2H3. The minimum Gasteiger partial charge on any atom is -0.495 e. The summed E-state index contributed by atoms with van der Waals surface area (Å²) in [7, 11) is -1.12. The number of hydrogen-bond acceptors (Lipinski definition) is 6. The van der Waals surface area contributed by atoms with E-state index in [0.717, 1.165) is 17.8 Å². The van der Waals surface area contributed by atoms with E-state index < -0.39 is 14.9 Å². The summed E-state index contributed by atoms with van der Waals surface area (Å²) in [5.41, 5.74) is 0.539. The third kappa shape index (κ3) is 3.87. The van der Waals surface area contributed by atoms with E-state index in [4.69, 9.17) is 4.74 Å². The van der Waals surface area contributed by atoms with E-state index in [1.54, 1.807) is 12.3 Å². The molecule has 0 radical (unpaired) electrons. The number of nitrogens with zero attached hydrogens (tertiary/aromatic N) is 3. The number of ether oxygens (including phenoxy) is 1. The lowest BCUT2D eigenvalue weighted by atomic mass is 10.3. The SMILES string of the molecule is COc1cc([N+](=O)[O-])ccc1S(=O)(=O)N(C)CCc1ccccn1. The summed E-state index contributed by atoms with van der Waals surface area (Å²) < 4.78 is 31.5. The molecule has 128 valence electrons. The van der Waals surface area contributed by atoms with Crippen LogP contribution < -0.4 is 4.74 Å². The van der Waals surface area contributed by atoms with Gasteiger partial charge in [-0.25, -0.2) is 12.7 Å². The maximum atomic E-state index is 12.7. The monoisotopic (exact) mass is 351 g/mol. The predicted octanol–water partition coefficient (Wildman–Crippen LogP) is 1.86. The number of hydrogen-bond donors (Lipinski definition) is 0. The summed E-state index contributed by atoms with van der Waals surface area (Å²) in [4.78, 5) is 14.2. The number of nitro benzene ring substituents is 1. The summed E-state index contributed by atoms with van der Waals surface area (Å²) in [5, 5.41) is 10.8. The highest BCUT2D eigenvalue weighted by atomic mass is 32.2. The maximum Gasteiger partial charge on any atom is 0.273 e. The minimum absolute atomic E-state index is 0.0612. The number of sulfonamides is 1. The molecule has 0 aliphatic heterocycles. The van der Waals surface area contributed by atoms with Crippen molar-refractivity contribution in [3.8, 4) is 5.75 Å². The number of pyridine rings is 1. The molecule has 0 saturated heterocycles. The molecule has 1 aromatic carbocycles. The number of aromatic nitrogens is 1. The molecule has 0 aliphatic carbocycles. The van der Waals surface area contributed by atoms with Crippen molar-refractivity contribution in [1.29, 1.82) is 0 Å². The van der Waals surface area contributed by atoms with Gasteiger partial charge in [-0.3, -0.25) is 15.1 Å². The van der Waals surface area contributed by atoms with Gasteiger partial charge in [0.1, 0.15) is 10.6 Å². The highest BCUT2D eigenvalue weighted by Crippen LogP contribution is 2.30. The second-order valence-corrected chi connectivity index (χ2v) is 7.00. The number of rotatable bonds is 7. The molecule has 0 fully saturated rings. The fraction of sp³-hybridized carbons (Fsp3) is 0.267. The number of likely N-dealkylation sites (N-methyl/N-ethyl adjacent to an activating group) is 1. The van der Waals surface area contributed by atoms with E-state index in [9.17, 15) is 18.5 Å². The van der Waals surface area contributed by atoms with Gasteiger partial charge in [-0.1, -0.05) is 6.07 Å². The maximum absolute atomic E-state index is 12.7. The molecule has 0 N–H and O–H groups in total. The number of nitro groups is 1. The largest absolute Gasteiger partial charge is 0.495 e. The predicted molar refractivity (Wildman–Crippen MR) is 87.4 cm³/mol. The van der Waals surface area contributed by atoms with Gasteiger partial charge in [0.05, 0.1) is 18.1 Å². The Bertz CT molecular complexity index is 824. The fourth-order valence-corrected chi connectivity index (χ4v) is 3.39. The molecule has 0 amide bonds. The molecular formula is C15H17N3O5S. The van der Waals surface area contributed by atoms with Crippen LogP contribution in [0.5, 0.6) is 5.75 Å². The van der Waals surface area contributed by atoms with Crippen molar-refractivity contribution in [2.45, 2.75) is 11.3 Å². The van der Waals surface area contributed by atoms with Crippen LogP contribution in [0.15, 0.2) is 47.5 Å². The van der Waals surface area contributed by atoms with Crippen molar-refractivity contribution < 1.29 is 18.1 Å². The lowest BCUT2D eigenvalue weighted by Crippen LogP contribution is -2.29. The summed E-state index contributed by atoms with van der Waals surface area (Å²) in [5.74, 6) is -0.0612. The third-order valence-electron chi connectivity index (χ3n) is 3.46. The minimum atomic E-state index is -3.84.